The molecule has 1 aliphatic rings. The van der Waals surface area contributed by atoms with Crippen molar-refractivity contribution in [3.8, 4) is 0 Å². The molecule has 0 bridgehead atoms. The third kappa shape index (κ3) is 4.09. The number of nitrogens with two attached hydrogens (primary N) is 1. The van der Waals surface area contributed by atoms with E-state index in [0.29, 0.717) is 5.91 Å². The second-order valence-corrected chi connectivity index (χ2v) is 4.04. The van der Waals surface area contributed by atoms with Gasteiger partial charge in [-0.15, -0.1) is 0 Å². The van der Waals surface area contributed by atoms with E-state index in [4.69, 9.17) is 5.73 Å². The van der Waals surface area contributed by atoms with Crippen molar-refractivity contribution in [2.75, 3.05) is 19.6 Å². The Bertz CT molecular complexity index is 171. The van der Waals surface area contributed by atoms with Gasteiger partial charge in [0.2, 0.25) is 5.91 Å². The van der Waals surface area contributed by atoms with Gasteiger partial charge in [0.15, 0.2) is 0 Å². The largest absolute Gasteiger partial charge is 0.343 e. The first-order valence-electron chi connectivity index (χ1n) is 5.82. The minimum absolute atomic E-state index is 0.357. The smallest absolute Gasteiger partial charge is 0.222 e. The van der Waals surface area contributed by atoms with Crippen molar-refractivity contribution in [2.24, 2.45) is 5.73 Å². The highest BCUT2D eigenvalue weighted by Gasteiger charge is 2.15. The zero-order chi connectivity index (χ0) is 10.2. The average molecular weight is 198 g/mol. The summed E-state index contributed by atoms with van der Waals surface area (Å²) in [7, 11) is 0. The molecule has 0 radical (unpaired) electrons. The molecule has 1 aliphatic heterocycles. The Morgan fingerprint density at radius 2 is 2.00 bits per heavy atom. The van der Waals surface area contributed by atoms with Gasteiger partial charge in [0.05, 0.1) is 0 Å². The maximum absolute atomic E-state index is 11.6. The van der Waals surface area contributed by atoms with Crippen molar-refractivity contribution in [2.45, 2.75) is 44.9 Å². The van der Waals surface area contributed by atoms with Crippen molar-refractivity contribution in [3.05, 3.63) is 0 Å². The highest BCUT2D eigenvalue weighted by molar-refractivity contribution is 5.76. The number of hydrogen-bond donors (Lipinski definition) is 1. The lowest BCUT2D eigenvalue weighted by molar-refractivity contribution is -0.130. The first-order chi connectivity index (χ1) is 6.84. The summed E-state index contributed by atoms with van der Waals surface area (Å²) in [6, 6.07) is 0. The standard InChI is InChI=1S/C11H22N2O/c12-8-4-2-6-10-13-9-5-1-3-7-11(13)14/h1-10,12H2. The van der Waals surface area contributed by atoms with Crippen LogP contribution >= 0.6 is 0 Å². The summed E-state index contributed by atoms with van der Waals surface area (Å²) in [5, 5.41) is 0. The third-order valence-corrected chi connectivity index (χ3v) is 2.80. The fraction of sp³-hybridized carbons (Fsp3) is 0.909. The second kappa shape index (κ2) is 6.82. The lowest BCUT2D eigenvalue weighted by Crippen LogP contribution is -2.31. The lowest BCUT2D eigenvalue weighted by Gasteiger charge is -2.20. The molecule has 1 rings (SSSR count). The summed E-state index contributed by atoms with van der Waals surface area (Å²) in [6.45, 7) is 2.69. The lowest BCUT2D eigenvalue weighted by atomic mass is 10.2. The summed E-state index contributed by atoms with van der Waals surface area (Å²) in [5.41, 5.74) is 5.42. The number of carbonyl (C=O) groups excluding carboxylic acids is 1. The molecule has 0 aromatic rings. The Morgan fingerprint density at radius 3 is 2.79 bits per heavy atom. The Kier molecular flexibility index (Phi) is 5.60. The van der Waals surface area contributed by atoms with Gasteiger partial charge in [0.25, 0.3) is 0 Å². The highest BCUT2D eigenvalue weighted by atomic mass is 16.2. The van der Waals surface area contributed by atoms with Crippen molar-refractivity contribution in [1.29, 1.82) is 0 Å². The maximum atomic E-state index is 11.6. The topological polar surface area (TPSA) is 46.3 Å². The predicted octanol–water partition coefficient (Wildman–Crippen LogP) is 1.52. The van der Waals surface area contributed by atoms with Gasteiger partial charge in [-0.25, -0.2) is 0 Å². The molecule has 1 fully saturated rings. The zero-order valence-electron chi connectivity index (χ0n) is 9.00. The molecule has 14 heavy (non-hydrogen) atoms. The molecule has 0 aliphatic carbocycles. The summed E-state index contributed by atoms with van der Waals surface area (Å²) in [4.78, 5) is 13.6. The van der Waals surface area contributed by atoms with Crippen molar-refractivity contribution >= 4 is 5.91 Å². The first-order valence-corrected chi connectivity index (χ1v) is 5.82. The van der Waals surface area contributed by atoms with E-state index in [1.807, 2.05) is 4.90 Å². The number of rotatable bonds is 5. The summed E-state index contributed by atoms with van der Waals surface area (Å²) < 4.78 is 0. The SMILES string of the molecule is NCCCCCN1CCCCCC1=O. The maximum Gasteiger partial charge on any atom is 0.222 e. The molecule has 0 aromatic heterocycles. The molecule has 3 heteroatoms. The highest BCUT2D eigenvalue weighted by Crippen LogP contribution is 2.11. The number of unbranched alkanes of at least 4 members (excludes halogenated alkanes) is 2. The van der Waals surface area contributed by atoms with Gasteiger partial charge in [-0.1, -0.05) is 12.8 Å². The minimum Gasteiger partial charge on any atom is -0.343 e. The van der Waals surface area contributed by atoms with E-state index in [1.54, 1.807) is 0 Å². The van der Waals surface area contributed by atoms with E-state index in [2.05, 4.69) is 0 Å². The summed E-state index contributed by atoms with van der Waals surface area (Å²) in [5.74, 6) is 0.357. The molecule has 2 N–H and O–H groups in total. The van der Waals surface area contributed by atoms with Gasteiger partial charge in [-0.05, 0) is 32.2 Å². The van der Waals surface area contributed by atoms with Crippen LogP contribution in [0.15, 0.2) is 0 Å². The van der Waals surface area contributed by atoms with E-state index in [-0.39, 0.29) is 0 Å². The normalized spacial score (nSPS) is 18.4. The summed E-state index contributed by atoms with van der Waals surface area (Å²) in [6.07, 6.45) is 7.59. The van der Waals surface area contributed by atoms with Crippen LogP contribution < -0.4 is 5.73 Å². The number of amides is 1. The van der Waals surface area contributed by atoms with Crippen LogP contribution in [0.3, 0.4) is 0 Å². The molecule has 1 saturated heterocycles. The van der Waals surface area contributed by atoms with Crippen LogP contribution in [0.1, 0.15) is 44.9 Å². The fourth-order valence-corrected chi connectivity index (χ4v) is 1.90. The van der Waals surface area contributed by atoms with E-state index >= 15 is 0 Å². The Balaban J connectivity index is 2.16. The fourth-order valence-electron chi connectivity index (χ4n) is 1.90. The van der Waals surface area contributed by atoms with Crippen molar-refractivity contribution in [3.63, 3.8) is 0 Å². The van der Waals surface area contributed by atoms with Gasteiger partial charge < -0.3 is 10.6 Å². The molecule has 1 heterocycles. The Labute approximate surface area is 86.6 Å². The molecule has 0 atom stereocenters. The molecular weight excluding hydrogens is 176 g/mol. The van der Waals surface area contributed by atoms with E-state index < -0.39 is 0 Å². The molecule has 1 amide bonds. The quantitative estimate of drug-likeness (QED) is 0.681. The Morgan fingerprint density at radius 1 is 1.14 bits per heavy atom. The minimum atomic E-state index is 0.357. The van der Waals surface area contributed by atoms with Gasteiger partial charge in [0, 0.05) is 19.5 Å². The predicted molar refractivity (Wildman–Crippen MR) is 58.0 cm³/mol. The number of carbonyl (C=O) groups is 1. The van der Waals surface area contributed by atoms with E-state index in [9.17, 15) is 4.79 Å². The van der Waals surface area contributed by atoms with Crippen LogP contribution in [0.4, 0.5) is 0 Å². The molecule has 82 valence electrons. The van der Waals surface area contributed by atoms with Crippen LogP contribution in [0.2, 0.25) is 0 Å². The van der Waals surface area contributed by atoms with Gasteiger partial charge in [-0.3, -0.25) is 4.79 Å². The van der Waals surface area contributed by atoms with Crippen LogP contribution in [-0.2, 0) is 4.79 Å². The molecule has 0 unspecified atom stereocenters. The number of likely N-dealkylation sites (tertiary alicyclic amines) is 1. The number of hydrogen-bond acceptors (Lipinski definition) is 2. The molecule has 0 saturated carbocycles. The van der Waals surface area contributed by atoms with Gasteiger partial charge >= 0.3 is 0 Å². The van der Waals surface area contributed by atoms with Crippen LogP contribution in [0.5, 0.6) is 0 Å². The zero-order valence-corrected chi connectivity index (χ0v) is 9.00. The molecular formula is C11H22N2O. The third-order valence-electron chi connectivity index (χ3n) is 2.80. The van der Waals surface area contributed by atoms with Gasteiger partial charge in [-0.2, -0.15) is 0 Å². The van der Waals surface area contributed by atoms with E-state index in [1.165, 1.54) is 12.8 Å². The second-order valence-electron chi connectivity index (χ2n) is 4.04. The molecule has 0 spiro atoms. The monoisotopic (exact) mass is 198 g/mol. The number of nitrogens with zero attached hydrogens (tertiary/aromatic N) is 1. The van der Waals surface area contributed by atoms with Crippen molar-refractivity contribution < 1.29 is 4.79 Å². The average Bonchev–Trinajstić information content (AvgIpc) is 2.39. The van der Waals surface area contributed by atoms with Crippen LogP contribution in [0, 0.1) is 0 Å². The summed E-state index contributed by atoms with van der Waals surface area (Å²) >= 11 is 0. The van der Waals surface area contributed by atoms with Crippen LogP contribution in [-0.4, -0.2) is 30.4 Å². The van der Waals surface area contributed by atoms with E-state index in [0.717, 1.165) is 51.7 Å². The molecule has 0 aromatic carbocycles. The van der Waals surface area contributed by atoms with Gasteiger partial charge in [0.1, 0.15) is 0 Å². The first kappa shape index (κ1) is 11.5. The van der Waals surface area contributed by atoms with Crippen molar-refractivity contribution in [1.82, 2.24) is 4.90 Å². The Hall–Kier alpha value is -0.570. The van der Waals surface area contributed by atoms with Crippen LogP contribution in [0.25, 0.3) is 0 Å². The molecule has 3 nitrogen and oxygen atoms in total.